The summed E-state index contributed by atoms with van der Waals surface area (Å²) in [5, 5.41) is 18.5. The molecule has 2 aromatic carbocycles. The van der Waals surface area contributed by atoms with E-state index in [4.69, 9.17) is 9.47 Å². The molecule has 0 aliphatic rings. The van der Waals surface area contributed by atoms with Crippen LogP contribution in [0.4, 0.5) is 0 Å². The summed E-state index contributed by atoms with van der Waals surface area (Å²) in [5.74, 6) is 1.19. The molecule has 2 N–H and O–H groups in total. The van der Waals surface area contributed by atoms with Gasteiger partial charge in [0.2, 0.25) is 9.84 Å². The van der Waals surface area contributed by atoms with Crippen LogP contribution in [0.25, 0.3) is 0 Å². The van der Waals surface area contributed by atoms with Gasteiger partial charge >= 0.3 is 0 Å². The standard InChI is InChI=1S/C22H30O6S/c1-17(23)5-3-15-27-19-7-11-21(12-8-19)29(25,26)22-13-9-20(10-14-22)28-16-4-6-18(2)24/h7-14,17-18,23-24H,3-6,15-16H2,1-2H3. The van der Waals surface area contributed by atoms with E-state index >= 15 is 0 Å². The second-order valence-electron chi connectivity index (χ2n) is 7.13. The Labute approximate surface area is 173 Å². The fraction of sp³-hybridized carbons (Fsp3) is 0.455. The highest BCUT2D eigenvalue weighted by Gasteiger charge is 2.17. The van der Waals surface area contributed by atoms with E-state index in [-0.39, 0.29) is 22.0 Å². The highest BCUT2D eigenvalue weighted by atomic mass is 32.2. The summed E-state index contributed by atoms with van der Waals surface area (Å²) in [6.45, 7) is 4.40. The van der Waals surface area contributed by atoms with Crippen LogP contribution in [-0.4, -0.2) is 44.1 Å². The molecule has 0 saturated heterocycles. The average molecular weight is 423 g/mol. The maximum Gasteiger partial charge on any atom is 0.206 e. The van der Waals surface area contributed by atoms with Crippen molar-refractivity contribution in [2.24, 2.45) is 0 Å². The van der Waals surface area contributed by atoms with E-state index in [9.17, 15) is 18.6 Å². The summed E-state index contributed by atoms with van der Waals surface area (Å²) in [6, 6.07) is 12.6. The summed E-state index contributed by atoms with van der Waals surface area (Å²) < 4.78 is 36.7. The van der Waals surface area contributed by atoms with E-state index in [0.717, 1.165) is 12.8 Å². The van der Waals surface area contributed by atoms with E-state index in [1.54, 1.807) is 38.1 Å². The summed E-state index contributed by atoms with van der Waals surface area (Å²) in [6.07, 6.45) is 2.06. The Bertz CT molecular complexity index is 761. The summed E-state index contributed by atoms with van der Waals surface area (Å²) >= 11 is 0. The molecule has 160 valence electrons. The number of sulfone groups is 1. The van der Waals surface area contributed by atoms with Crippen molar-refractivity contribution in [3.8, 4) is 11.5 Å². The first-order valence-electron chi connectivity index (χ1n) is 9.86. The van der Waals surface area contributed by atoms with Crippen molar-refractivity contribution in [1.29, 1.82) is 0 Å². The van der Waals surface area contributed by atoms with E-state index in [1.165, 1.54) is 24.3 Å². The van der Waals surface area contributed by atoms with Gasteiger partial charge < -0.3 is 19.7 Å². The molecule has 0 spiro atoms. The van der Waals surface area contributed by atoms with Gasteiger partial charge in [-0.15, -0.1) is 0 Å². The molecule has 6 nitrogen and oxygen atoms in total. The zero-order valence-corrected chi connectivity index (χ0v) is 17.8. The van der Waals surface area contributed by atoms with Crippen molar-refractivity contribution in [3.63, 3.8) is 0 Å². The van der Waals surface area contributed by atoms with Crippen molar-refractivity contribution in [2.45, 2.75) is 61.5 Å². The minimum absolute atomic E-state index is 0.194. The Kier molecular flexibility index (Phi) is 8.95. The van der Waals surface area contributed by atoms with Gasteiger partial charge in [-0.1, -0.05) is 0 Å². The lowest BCUT2D eigenvalue weighted by molar-refractivity contribution is 0.170. The van der Waals surface area contributed by atoms with Gasteiger partial charge in [0.05, 0.1) is 35.2 Å². The maximum atomic E-state index is 12.8. The first kappa shape index (κ1) is 23.2. The van der Waals surface area contributed by atoms with Crippen LogP contribution < -0.4 is 9.47 Å². The van der Waals surface area contributed by atoms with Gasteiger partial charge in [0.15, 0.2) is 0 Å². The number of benzene rings is 2. The van der Waals surface area contributed by atoms with Gasteiger partial charge in [0.1, 0.15) is 11.5 Å². The van der Waals surface area contributed by atoms with Crippen LogP contribution in [-0.2, 0) is 9.84 Å². The lowest BCUT2D eigenvalue weighted by atomic mass is 10.2. The second-order valence-corrected chi connectivity index (χ2v) is 9.08. The summed E-state index contributed by atoms with van der Waals surface area (Å²) in [4.78, 5) is 0.388. The third kappa shape index (κ3) is 7.68. The maximum absolute atomic E-state index is 12.8. The van der Waals surface area contributed by atoms with E-state index in [2.05, 4.69) is 0 Å². The summed E-state index contributed by atoms with van der Waals surface area (Å²) in [7, 11) is -3.62. The molecule has 0 radical (unpaired) electrons. The number of rotatable bonds is 12. The molecule has 29 heavy (non-hydrogen) atoms. The second kappa shape index (κ2) is 11.2. The normalized spacial score (nSPS) is 13.7. The SMILES string of the molecule is CC(O)CCCOc1ccc(S(=O)(=O)c2ccc(OCCCC(C)O)cc2)cc1. The molecule has 0 saturated carbocycles. The molecule has 2 atom stereocenters. The van der Waals surface area contributed by atoms with Gasteiger partial charge in [-0.3, -0.25) is 0 Å². The molecule has 2 unspecified atom stereocenters. The van der Waals surface area contributed by atoms with E-state index < -0.39 is 9.84 Å². The minimum Gasteiger partial charge on any atom is -0.494 e. The summed E-state index contributed by atoms with van der Waals surface area (Å²) in [5.41, 5.74) is 0. The number of hydrogen-bond donors (Lipinski definition) is 2. The topological polar surface area (TPSA) is 93.1 Å². The Morgan fingerprint density at radius 1 is 0.724 bits per heavy atom. The van der Waals surface area contributed by atoms with Crippen LogP contribution in [0, 0.1) is 0 Å². The van der Waals surface area contributed by atoms with Gasteiger partial charge in [-0.25, -0.2) is 8.42 Å². The number of aliphatic hydroxyl groups excluding tert-OH is 2. The predicted octanol–water partition coefficient (Wildman–Crippen LogP) is 3.60. The van der Waals surface area contributed by atoms with Crippen molar-refractivity contribution < 1.29 is 28.1 Å². The molecule has 0 aromatic heterocycles. The first-order chi connectivity index (χ1) is 13.8. The molecule has 0 aliphatic carbocycles. The van der Waals surface area contributed by atoms with Crippen LogP contribution >= 0.6 is 0 Å². The number of ether oxygens (including phenoxy) is 2. The highest BCUT2D eigenvalue weighted by Crippen LogP contribution is 2.25. The molecule has 0 amide bonds. The molecular formula is C22H30O6S. The Morgan fingerprint density at radius 2 is 1.07 bits per heavy atom. The quantitative estimate of drug-likeness (QED) is 0.508. The highest BCUT2D eigenvalue weighted by molar-refractivity contribution is 7.91. The molecule has 0 bridgehead atoms. The molecule has 2 rings (SSSR count). The monoisotopic (exact) mass is 422 g/mol. The van der Waals surface area contributed by atoms with Crippen molar-refractivity contribution in [1.82, 2.24) is 0 Å². The van der Waals surface area contributed by atoms with E-state index in [0.29, 0.717) is 37.6 Å². The van der Waals surface area contributed by atoms with Crippen LogP contribution in [0.2, 0.25) is 0 Å². The van der Waals surface area contributed by atoms with Gasteiger partial charge in [0, 0.05) is 0 Å². The predicted molar refractivity (Wildman–Crippen MR) is 111 cm³/mol. The van der Waals surface area contributed by atoms with E-state index in [1.807, 2.05) is 0 Å². The molecule has 0 aliphatic heterocycles. The zero-order valence-electron chi connectivity index (χ0n) is 17.0. The van der Waals surface area contributed by atoms with Gasteiger partial charge in [-0.05, 0) is 88.1 Å². The molecule has 0 heterocycles. The fourth-order valence-corrected chi connectivity index (χ4v) is 3.96. The van der Waals surface area contributed by atoms with Crippen molar-refractivity contribution in [2.75, 3.05) is 13.2 Å². The van der Waals surface area contributed by atoms with Crippen LogP contribution in [0.3, 0.4) is 0 Å². The lowest BCUT2D eigenvalue weighted by Gasteiger charge is -2.10. The third-order valence-electron chi connectivity index (χ3n) is 4.34. The van der Waals surface area contributed by atoms with Crippen LogP contribution in [0.15, 0.2) is 58.3 Å². The molecule has 0 fully saturated rings. The molecular weight excluding hydrogens is 392 g/mol. The van der Waals surface area contributed by atoms with Gasteiger partial charge in [-0.2, -0.15) is 0 Å². The average Bonchev–Trinajstić information content (AvgIpc) is 2.69. The Morgan fingerprint density at radius 3 is 1.38 bits per heavy atom. The van der Waals surface area contributed by atoms with Crippen molar-refractivity contribution >= 4 is 9.84 Å². The van der Waals surface area contributed by atoms with Crippen LogP contribution in [0.5, 0.6) is 11.5 Å². The van der Waals surface area contributed by atoms with Crippen molar-refractivity contribution in [3.05, 3.63) is 48.5 Å². The van der Waals surface area contributed by atoms with Crippen LogP contribution in [0.1, 0.15) is 39.5 Å². The lowest BCUT2D eigenvalue weighted by Crippen LogP contribution is -2.05. The fourth-order valence-electron chi connectivity index (χ4n) is 2.70. The molecule has 7 heteroatoms. The number of hydrogen-bond acceptors (Lipinski definition) is 6. The largest absolute Gasteiger partial charge is 0.494 e. The first-order valence-corrected chi connectivity index (χ1v) is 11.3. The third-order valence-corrected chi connectivity index (χ3v) is 6.12. The number of aliphatic hydroxyl groups is 2. The molecule has 2 aromatic rings. The Hall–Kier alpha value is -2.09. The zero-order chi connectivity index (χ0) is 21.3. The smallest absolute Gasteiger partial charge is 0.206 e. The minimum atomic E-state index is -3.62. The Balaban J connectivity index is 1.93. The van der Waals surface area contributed by atoms with Gasteiger partial charge in [0.25, 0.3) is 0 Å².